The zero-order valence-corrected chi connectivity index (χ0v) is 11.5. The molecule has 21 heavy (non-hydrogen) atoms. The Morgan fingerprint density at radius 1 is 1.38 bits per heavy atom. The minimum Gasteiger partial charge on any atom is -0.486 e. The van der Waals surface area contributed by atoms with Gasteiger partial charge in [0.2, 0.25) is 0 Å². The molecule has 0 unspecified atom stereocenters. The first-order valence-corrected chi connectivity index (χ1v) is 6.61. The molecular weight excluding hydrogens is 274 g/mol. The van der Waals surface area contributed by atoms with E-state index in [1.54, 1.807) is 25.1 Å². The Bertz CT molecular complexity index is 681. The van der Waals surface area contributed by atoms with Crippen LogP contribution in [0.5, 0.6) is 11.5 Å². The molecule has 0 aliphatic carbocycles. The molecule has 1 aliphatic rings. The summed E-state index contributed by atoms with van der Waals surface area (Å²) in [5.41, 5.74) is 6.90. The number of hydrogen-bond acceptors (Lipinski definition) is 6. The standard InChI is InChI=1S/C14H15N3O4/c1-2-19-14(18)10-8-16-17(13(10)15)9-3-4-11-12(7-9)21-6-5-20-11/h3-4,7-8H,2,5-6,15H2,1H3. The van der Waals surface area contributed by atoms with Gasteiger partial charge in [0.25, 0.3) is 0 Å². The molecule has 0 saturated carbocycles. The molecule has 1 aromatic carbocycles. The number of nitrogens with two attached hydrogens (primary N) is 1. The second-order valence-electron chi connectivity index (χ2n) is 4.40. The molecule has 110 valence electrons. The van der Waals surface area contributed by atoms with Crippen molar-refractivity contribution in [2.24, 2.45) is 0 Å². The SMILES string of the molecule is CCOC(=O)c1cnn(-c2ccc3c(c2)OCCO3)c1N. The number of nitrogens with zero attached hydrogens (tertiary/aromatic N) is 2. The number of esters is 1. The fourth-order valence-corrected chi connectivity index (χ4v) is 2.09. The quantitative estimate of drug-likeness (QED) is 0.859. The van der Waals surface area contributed by atoms with Gasteiger partial charge in [-0.3, -0.25) is 0 Å². The number of rotatable bonds is 3. The average molecular weight is 289 g/mol. The molecule has 0 bridgehead atoms. The van der Waals surface area contributed by atoms with Gasteiger partial charge in [-0.1, -0.05) is 0 Å². The van der Waals surface area contributed by atoms with Crippen LogP contribution in [0.1, 0.15) is 17.3 Å². The molecule has 0 atom stereocenters. The highest BCUT2D eigenvalue weighted by Crippen LogP contribution is 2.32. The maximum Gasteiger partial charge on any atom is 0.343 e. The summed E-state index contributed by atoms with van der Waals surface area (Å²) < 4.78 is 17.4. The molecule has 0 saturated heterocycles. The third-order valence-corrected chi connectivity index (χ3v) is 3.07. The Balaban J connectivity index is 1.96. The number of benzene rings is 1. The molecule has 3 rings (SSSR count). The van der Waals surface area contributed by atoms with Crippen molar-refractivity contribution in [2.45, 2.75) is 6.92 Å². The van der Waals surface area contributed by atoms with Gasteiger partial charge in [-0.15, -0.1) is 0 Å². The molecule has 1 aliphatic heterocycles. The largest absolute Gasteiger partial charge is 0.486 e. The molecule has 2 N–H and O–H groups in total. The zero-order valence-electron chi connectivity index (χ0n) is 11.5. The van der Waals surface area contributed by atoms with Crippen LogP contribution in [-0.4, -0.2) is 35.6 Å². The third kappa shape index (κ3) is 2.37. The lowest BCUT2D eigenvalue weighted by Crippen LogP contribution is -2.15. The third-order valence-electron chi connectivity index (χ3n) is 3.07. The number of anilines is 1. The maximum absolute atomic E-state index is 11.7. The van der Waals surface area contributed by atoms with Gasteiger partial charge in [0.05, 0.1) is 18.5 Å². The van der Waals surface area contributed by atoms with E-state index in [0.29, 0.717) is 30.4 Å². The predicted molar refractivity (Wildman–Crippen MR) is 74.9 cm³/mol. The minimum absolute atomic E-state index is 0.227. The van der Waals surface area contributed by atoms with Gasteiger partial charge in [0.15, 0.2) is 11.5 Å². The number of carbonyl (C=O) groups is 1. The predicted octanol–water partition coefficient (Wildman–Crippen LogP) is 1.40. The normalized spacial score (nSPS) is 13.0. The van der Waals surface area contributed by atoms with E-state index >= 15 is 0 Å². The van der Waals surface area contributed by atoms with Crippen molar-refractivity contribution in [1.29, 1.82) is 0 Å². The summed E-state index contributed by atoms with van der Waals surface area (Å²) in [5.74, 6) is 1.05. The average Bonchev–Trinajstić information content (AvgIpc) is 2.89. The van der Waals surface area contributed by atoms with Crippen molar-refractivity contribution >= 4 is 11.8 Å². The van der Waals surface area contributed by atoms with Crippen molar-refractivity contribution in [3.05, 3.63) is 30.0 Å². The van der Waals surface area contributed by atoms with E-state index in [-0.39, 0.29) is 18.0 Å². The van der Waals surface area contributed by atoms with Gasteiger partial charge in [0.1, 0.15) is 24.6 Å². The first-order chi connectivity index (χ1) is 10.2. The van der Waals surface area contributed by atoms with E-state index in [2.05, 4.69) is 5.10 Å². The summed E-state index contributed by atoms with van der Waals surface area (Å²) in [4.78, 5) is 11.7. The van der Waals surface area contributed by atoms with Crippen molar-refractivity contribution < 1.29 is 19.0 Å². The topological polar surface area (TPSA) is 88.6 Å². The summed E-state index contributed by atoms with van der Waals surface area (Å²) >= 11 is 0. The van der Waals surface area contributed by atoms with Crippen LogP contribution >= 0.6 is 0 Å². The number of carbonyl (C=O) groups excluding carboxylic acids is 1. The Labute approximate surface area is 121 Å². The maximum atomic E-state index is 11.7. The fraction of sp³-hybridized carbons (Fsp3) is 0.286. The molecule has 2 aromatic rings. The van der Waals surface area contributed by atoms with Gasteiger partial charge in [0, 0.05) is 6.07 Å². The lowest BCUT2D eigenvalue weighted by Gasteiger charge is -2.19. The van der Waals surface area contributed by atoms with E-state index < -0.39 is 5.97 Å². The molecule has 2 heterocycles. The molecule has 0 spiro atoms. The molecule has 0 radical (unpaired) electrons. The Morgan fingerprint density at radius 2 is 2.14 bits per heavy atom. The zero-order chi connectivity index (χ0) is 14.8. The molecule has 0 fully saturated rings. The first kappa shape index (κ1) is 13.3. The first-order valence-electron chi connectivity index (χ1n) is 6.61. The van der Waals surface area contributed by atoms with Crippen LogP contribution in [-0.2, 0) is 4.74 Å². The summed E-state index contributed by atoms with van der Waals surface area (Å²) in [7, 11) is 0. The molecule has 1 aromatic heterocycles. The van der Waals surface area contributed by atoms with Crippen LogP contribution in [0.15, 0.2) is 24.4 Å². The number of hydrogen-bond donors (Lipinski definition) is 1. The Morgan fingerprint density at radius 3 is 2.90 bits per heavy atom. The van der Waals surface area contributed by atoms with Crippen LogP contribution in [0, 0.1) is 0 Å². The van der Waals surface area contributed by atoms with Gasteiger partial charge in [-0.2, -0.15) is 5.10 Å². The molecule has 7 nitrogen and oxygen atoms in total. The number of ether oxygens (including phenoxy) is 3. The van der Waals surface area contributed by atoms with E-state index in [1.807, 2.05) is 0 Å². The summed E-state index contributed by atoms with van der Waals surface area (Å²) in [5, 5.41) is 4.13. The van der Waals surface area contributed by atoms with Crippen molar-refractivity contribution in [1.82, 2.24) is 9.78 Å². The van der Waals surface area contributed by atoms with Crippen molar-refractivity contribution in [2.75, 3.05) is 25.6 Å². The van der Waals surface area contributed by atoms with E-state index in [9.17, 15) is 4.79 Å². The highest BCUT2D eigenvalue weighted by atomic mass is 16.6. The number of fused-ring (bicyclic) bond motifs is 1. The van der Waals surface area contributed by atoms with Gasteiger partial charge >= 0.3 is 5.97 Å². The van der Waals surface area contributed by atoms with E-state index in [0.717, 1.165) is 0 Å². The summed E-state index contributed by atoms with van der Waals surface area (Å²) in [6.45, 7) is 3.05. The highest BCUT2D eigenvalue weighted by Gasteiger charge is 2.19. The van der Waals surface area contributed by atoms with E-state index in [1.165, 1.54) is 10.9 Å². The lowest BCUT2D eigenvalue weighted by atomic mass is 10.2. The minimum atomic E-state index is -0.487. The van der Waals surface area contributed by atoms with E-state index in [4.69, 9.17) is 19.9 Å². The van der Waals surface area contributed by atoms with Gasteiger partial charge in [-0.25, -0.2) is 9.48 Å². The van der Waals surface area contributed by atoms with Crippen LogP contribution in [0.2, 0.25) is 0 Å². The Hall–Kier alpha value is -2.70. The van der Waals surface area contributed by atoms with Gasteiger partial charge in [-0.05, 0) is 19.1 Å². The van der Waals surface area contributed by atoms with Crippen molar-refractivity contribution in [3.8, 4) is 17.2 Å². The fourth-order valence-electron chi connectivity index (χ4n) is 2.09. The lowest BCUT2D eigenvalue weighted by molar-refractivity contribution is 0.0527. The number of aromatic nitrogens is 2. The van der Waals surface area contributed by atoms with Crippen LogP contribution in [0.4, 0.5) is 5.82 Å². The smallest absolute Gasteiger partial charge is 0.343 e. The van der Waals surface area contributed by atoms with Crippen LogP contribution < -0.4 is 15.2 Å². The second-order valence-corrected chi connectivity index (χ2v) is 4.40. The monoisotopic (exact) mass is 289 g/mol. The number of nitrogen functional groups attached to an aromatic ring is 1. The van der Waals surface area contributed by atoms with Crippen molar-refractivity contribution in [3.63, 3.8) is 0 Å². The Kier molecular flexibility index (Phi) is 3.39. The summed E-state index contributed by atoms with van der Waals surface area (Å²) in [6.07, 6.45) is 1.39. The van der Waals surface area contributed by atoms with Crippen LogP contribution in [0.3, 0.4) is 0 Å². The van der Waals surface area contributed by atoms with Crippen LogP contribution in [0.25, 0.3) is 5.69 Å². The summed E-state index contributed by atoms with van der Waals surface area (Å²) in [6, 6.07) is 5.35. The second kappa shape index (κ2) is 5.35. The molecule has 7 heteroatoms. The van der Waals surface area contributed by atoms with Gasteiger partial charge < -0.3 is 19.9 Å². The molecule has 0 amide bonds. The highest BCUT2D eigenvalue weighted by molar-refractivity contribution is 5.94. The molecular formula is C14H15N3O4.